The zero-order valence-electron chi connectivity index (χ0n) is 16.5. The van der Waals surface area contributed by atoms with Gasteiger partial charge in [0, 0.05) is 29.9 Å². The molecule has 0 saturated heterocycles. The van der Waals surface area contributed by atoms with Crippen LogP contribution in [-0.2, 0) is 4.79 Å². The Balaban J connectivity index is 1.90. The van der Waals surface area contributed by atoms with Gasteiger partial charge in [-0.2, -0.15) is 0 Å². The molecule has 0 aromatic heterocycles. The van der Waals surface area contributed by atoms with Gasteiger partial charge in [0.05, 0.1) is 16.0 Å². The molecule has 1 aliphatic rings. The Morgan fingerprint density at radius 2 is 2.10 bits per heavy atom. The number of carbonyl (C=O) groups is 2. The van der Waals surface area contributed by atoms with E-state index in [1.54, 1.807) is 43.0 Å². The third-order valence-corrected chi connectivity index (χ3v) is 4.96. The van der Waals surface area contributed by atoms with Gasteiger partial charge in [0.25, 0.3) is 11.6 Å². The topological polar surface area (TPSA) is 102 Å². The van der Waals surface area contributed by atoms with Crippen molar-refractivity contribution in [3.63, 3.8) is 0 Å². The van der Waals surface area contributed by atoms with Gasteiger partial charge < -0.3 is 15.0 Å². The summed E-state index contributed by atoms with van der Waals surface area (Å²) in [4.78, 5) is 37.4. The largest absolute Gasteiger partial charge is 0.490 e. The number of ether oxygens (including phenoxy) is 1. The smallest absolute Gasteiger partial charge is 0.288 e. The maximum absolute atomic E-state index is 12.8. The quantitative estimate of drug-likeness (QED) is 0.430. The lowest BCUT2D eigenvalue weighted by atomic mass is 9.93. The maximum Gasteiger partial charge on any atom is 0.288 e. The number of halogens is 1. The molecular weight excluding hydrogens is 410 g/mol. The summed E-state index contributed by atoms with van der Waals surface area (Å²) < 4.78 is 5.85. The number of nitro groups is 1. The number of anilines is 2. The fourth-order valence-electron chi connectivity index (χ4n) is 3.03. The highest BCUT2D eigenvalue weighted by molar-refractivity contribution is 6.32. The van der Waals surface area contributed by atoms with Gasteiger partial charge in [0.1, 0.15) is 17.4 Å². The number of nitro benzene ring substituents is 1. The van der Waals surface area contributed by atoms with Crippen LogP contribution < -0.4 is 15.0 Å². The van der Waals surface area contributed by atoms with Gasteiger partial charge in [-0.3, -0.25) is 19.7 Å². The molecule has 2 aromatic rings. The summed E-state index contributed by atoms with van der Waals surface area (Å²) in [5, 5.41) is 13.7. The molecule has 9 heteroatoms. The van der Waals surface area contributed by atoms with Crippen molar-refractivity contribution in [2.24, 2.45) is 5.41 Å². The summed E-state index contributed by atoms with van der Waals surface area (Å²) in [5.41, 5.74) is 0.00263. The number of hydrogen-bond acceptors (Lipinski definition) is 5. The molecule has 0 atom stereocenters. The Morgan fingerprint density at radius 3 is 2.77 bits per heavy atom. The molecule has 2 amide bonds. The summed E-state index contributed by atoms with van der Waals surface area (Å²) in [6, 6.07) is 8.74. The fraction of sp³-hybridized carbons (Fsp3) is 0.238. The molecule has 2 aromatic carbocycles. The van der Waals surface area contributed by atoms with Crippen LogP contribution >= 0.6 is 11.6 Å². The van der Waals surface area contributed by atoms with Crippen molar-refractivity contribution in [3.8, 4) is 5.75 Å². The number of carbonyl (C=O) groups excluding carboxylic acids is 2. The number of nitrogens with one attached hydrogen (secondary N) is 1. The molecule has 0 saturated carbocycles. The van der Waals surface area contributed by atoms with Crippen LogP contribution in [0.3, 0.4) is 0 Å². The second-order valence-corrected chi connectivity index (χ2v) is 7.84. The molecule has 8 nitrogen and oxygen atoms in total. The molecule has 30 heavy (non-hydrogen) atoms. The minimum absolute atomic E-state index is 0.0513. The molecule has 156 valence electrons. The number of hydrogen-bond donors (Lipinski definition) is 1. The van der Waals surface area contributed by atoms with Crippen molar-refractivity contribution in [1.82, 2.24) is 0 Å². The minimum Gasteiger partial charge on any atom is -0.490 e. The lowest BCUT2D eigenvalue weighted by Gasteiger charge is -2.27. The summed E-state index contributed by atoms with van der Waals surface area (Å²) in [6.07, 6.45) is 1.63. The average molecular weight is 430 g/mol. The molecule has 0 aliphatic carbocycles. The van der Waals surface area contributed by atoms with Crippen molar-refractivity contribution < 1.29 is 19.2 Å². The molecule has 0 spiro atoms. The maximum atomic E-state index is 12.8. The standard InChI is InChI=1S/C21H20ClN3O5/c1-4-9-24-16-8-6-14(11-18(16)30-12-21(2,3)20(24)27)23-19(26)13-5-7-15(22)17(10-13)25(28)29/h4-8,10-11H,1,9,12H2,2-3H3,(H,23,26). The highest BCUT2D eigenvalue weighted by atomic mass is 35.5. The Bertz CT molecular complexity index is 1050. The number of amides is 2. The molecular formula is C21H20ClN3O5. The van der Waals surface area contributed by atoms with Crippen LogP contribution in [0.5, 0.6) is 5.75 Å². The van der Waals surface area contributed by atoms with E-state index in [1.807, 2.05) is 0 Å². The number of rotatable bonds is 5. The van der Waals surface area contributed by atoms with E-state index in [0.29, 0.717) is 23.7 Å². The third kappa shape index (κ3) is 4.13. The zero-order chi connectivity index (χ0) is 22.1. The van der Waals surface area contributed by atoms with Crippen molar-refractivity contribution in [1.29, 1.82) is 0 Å². The van der Waals surface area contributed by atoms with Crippen LogP contribution in [0.1, 0.15) is 24.2 Å². The van der Waals surface area contributed by atoms with Gasteiger partial charge in [-0.1, -0.05) is 17.7 Å². The summed E-state index contributed by atoms with van der Waals surface area (Å²) in [7, 11) is 0. The van der Waals surface area contributed by atoms with E-state index in [0.717, 1.165) is 6.07 Å². The van der Waals surface area contributed by atoms with Crippen molar-refractivity contribution >= 4 is 40.5 Å². The summed E-state index contributed by atoms with van der Waals surface area (Å²) in [5.74, 6) is -0.190. The first-order chi connectivity index (χ1) is 14.1. The Labute approximate surface area is 178 Å². The Hall–Kier alpha value is -3.39. The third-order valence-electron chi connectivity index (χ3n) is 4.64. The van der Waals surface area contributed by atoms with Gasteiger partial charge in [-0.15, -0.1) is 6.58 Å². The van der Waals surface area contributed by atoms with Crippen molar-refractivity contribution in [2.75, 3.05) is 23.4 Å². The molecule has 1 aliphatic heterocycles. The second kappa shape index (κ2) is 8.16. The Morgan fingerprint density at radius 1 is 1.37 bits per heavy atom. The first-order valence-electron chi connectivity index (χ1n) is 9.09. The van der Waals surface area contributed by atoms with E-state index < -0.39 is 16.2 Å². The summed E-state index contributed by atoms with van der Waals surface area (Å²) in [6.45, 7) is 7.80. The van der Waals surface area contributed by atoms with Gasteiger partial charge in [0.15, 0.2) is 0 Å². The lowest BCUT2D eigenvalue weighted by molar-refractivity contribution is -0.384. The van der Waals surface area contributed by atoms with Crippen molar-refractivity contribution in [3.05, 3.63) is 69.8 Å². The fourth-order valence-corrected chi connectivity index (χ4v) is 3.22. The van der Waals surface area contributed by atoms with E-state index in [9.17, 15) is 19.7 Å². The van der Waals surface area contributed by atoms with Crippen LogP contribution in [-0.4, -0.2) is 29.9 Å². The number of benzene rings is 2. The summed E-state index contributed by atoms with van der Waals surface area (Å²) >= 11 is 5.80. The van der Waals surface area contributed by atoms with Crippen LogP contribution in [0.2, 0.25) is 5.02 Å². The molecule has 0 radical (unpaired) electrons. The number of fused-ring (bicyclic) bond motifs is 1. The van der Waals surface area contributed by atoms with Crippen molar-refractivity contribution in [2.45, 2.75) is 13.8 Å². The van der Waals surface area contributed by atoms with Crippen LogP contribution in [0, 0.1) is 15.5 Å². The van der Waals surface area contributed by atoms with E-state index in [-0.39, 0.29) is 28.8 Å². The molecule has 1 N–H and O–H groups in total. The highest BCUT2D eigenvalue weighted by Gasteiger charge is 2.37. The predicted octanol–water partition coefficient (Wildman–Crippen LogP) is 4.44. The molecule has 0 unspecified atom stereocenters. The number of nitrogens with zero attached hydrogens (tertiary/aromatic N) is 2. The predicted molar refractivity (Wildman–Crippen MR) is 114 cm³/mol. The van der Waals surface area contributed by atoms with Crippen LogP contribution in [0.15, 0.2) is 49.1 Å². The van der Waals surface area contributed by atoms with Gasteiger partial charge >= 0.3 is 0 Å². The molecule has 0 bridgehead atoms. The van der Waals surface area contributed by atoms with E-state index >= 15 is 0 Å². The SMILES string of the molecule is C=CCN1C(=O)C(C)(C)COc2cc(NC(=O)c3ccc(Cl)c([N+](=O)[O-])c3)ccc21. The van der Waals surface area contributed by atoms with Gasteiger partial charge in [0.2, 0.25) is 5.91 Å². The van der Waals surface area contributed by atoms with Crippen LogP contribution in [0.25, 0.3) is 0 Å². The first-order valence-corrected chi connectivity index (χ1v) is 9.47. The monoisotopic (exact) mass is 429 g/mol. The van der Waals surface area contributed by atoms with Gasteiger partial charge in [-0.05, 0) is 38.1 Å². The minimum atomic E-state index is -0.728. The van der Waals surface area contributed by atoms with E-state index in [2.05, 4.69) is 11.9 Å². The first kappa shape index (κ1) is 21.3. The normalized spacial score (nSPS) is 14.9. The average Bonchev–Trinajstić information content (AvgIpc) is 2.78. The Kier molecular flexibility index (Phi) is 5.80. The zero-order valence-corrected chi connectivity index (χ0v) is 17.2. The highest BCUT2D eigenvalue weighted by Crippen LogP contribution is 2.38. The van der Waals surface area contributed by atoms with E-state index in [4.69, 9.17) is 16.3 Å². The lowest BCUT2D eigenvalue weighted by Crippen LogP contribution is -2.42. The molecule has 3 rings (SSSR count). The van der Waals surface area contributed by atoms with Gasteiger partial charge in [-0.25, -0.2) is 0 Å². The second-order valence-electron chi connectivity index (χ2n) is 7.44. The molecule has 1 heterocycles. The van der Waals surface area contributed by atoms with E-state index in [1.165, 1.54) is 12.1 Å². The van der Waals surface area contributed by atoms with Crippen LogP contribution in [0.4, 0.5) is 17.1 Å². The molecule has 0 fully saturated rings.